The minimum Gasteiger partial charge on any atom is -0.310 e. The zero-order valence-corrected chi connectivity index (χ0v) is 13.1. The van der Waals surface area contributed by atoms with Crippen molar-refractivity contribution in [3.63, 3.8) is 0 Å². The van der Waals surface area contributed by atoms with E-state index < -0.39 is 0 Å². The average Bonchev–Trinajstić information content (AvgIpc) is 2.85. The van der Waals surface area contributed by atoms with Crippen LogP contribution in [0, 0.1) is 6.92 Å². The molecule has 0 fully saturated rings. The summed E-state index contributed by atoms with van der Waals surface area (Å²) in [6.07, 6.45) is 1.06. The van der Waals surface area contributed by atoms with Crippen LogP contribution in [0.1, 0.15) is 29.0 Å². The van der Waals surface area contributed by atoms with Crippen LogP contribution < -0.4 is 5.32 Å². The molecule has 2 aromatic rings. The summed E-state index contributed by atoms with van der Waals surface area (Å²) >= 11 is 5.40. The molecule has 0 saturated carbocycles. The fraction of sp³-hybridized carbons (Fsp3) is 0.333. The van der Waals surface area contributed by atoms with E-state index >= 15 is 0 Å². The van der Waals surface area contributed by atoms with E-state index in [1.807, 2.05) is 11.3 Å². The van der Waals surface area contributed by atoms with Crippen LogP contribution >= 0.6 is 27.3 Å². The Morgan fingerprint density at radius 1 is 1.33 bits per heavy atom. The third-order valence-electron chi connectivity index (χ3n) is 3.05. The van der Waals surface area contributed by atoms with Crippen LogP contribution in [0.5, 0.6) is 0 Å². The van der Waals surface area contributed by atoms with Crippen molar-refractivity contribution >= 4 is 27.3 Å². The first-order valence-electron chi connectivity index (χ1n) is 6.22. The summed E-state index contributed by atoms with van der Waals surface area (Å²) in [7, 11) is 0. The van der Waals surface area contributed by atoms with Crippen LogP contribution in [-0.4, -0.2) is 6.54 Å². The molecule has 1 unspecified atom stereocenters. The number of halogens is 1. The molecular weight excluding hydrogens is 306 g/mol. The summed E-state index contributed by atoms with van der Waals surface area (Å²) in [5, 5.41) is 5.74. The Bertz CT molecular complexity index is 493. The van der Waals surface area contributed by atoms with Gasteiger partial charge in [-0.05, 0) is 48.2 Å². The second-order valence-electron chi connectivity index (χ2n) is 4.39. The number of nitrogens with one attached hydrogen (secondary N) is 1. The van der Waals surface area contributed by atoms with Gasteiger partial charge in [0.15, 0.2) is 0 Å². The van der Waals surface area contributed by atoms with Gasteiger partial charge in [-0.3, -0.25) is 0 Å². The summed E-state index contributed by atoms with van der Waals surface area (Å²) < 4.78 is 1.15. The van der Waals surface area contributed by atoms with Gasteiger partial charge in [-0.15, -0.1) is 11.3 Å². The Kier molecular flexibility index (Phi) is 4.98. The Morgan fingerprint density at radius 2 is 2.17 bits per heavy atom. The summed E-state index contributed by atoms with van der Waals surface area (Å²) in [6.45, 7) is 5.33. The fourth-order valence-corrected chi connectivity index (χ4v) is 3.29. The van der Waals surface area contributed by atoms with Crippen LogP contribution in [0.25, 0.3) is 0 Å². The van der Waals surface area contributed by atoms with E-state index in [0.717, 1.165) is 17.4 Å². The predicted molar refractivity (Wildman–Crippen MR) is 83.3 cm³/mol. The summed E-state index contributed by atoms with van der Waals surface area (Å²) in [5.74, 6) is 0. The molecule has 18 heavy (non-hydrogen) atoms. The summed E-state index contributed by atoms with van der Waals surface area (Å²) in [4.78, 5) is 1.43. The van der Waals surface area contributed by atoms with Gasteiger partial charge in [-0.2, -0.15) is 0 Å². The van der Waals surface area contributed by atoms with E-state index in [-0.39, 0.29) is 0 Å². The molecule has 1 N–H and O–H groups in total. The highest BCUT2D eigenvalue weighted by Crippen LogP contribution is 2.26. The first kappa shape index (κ1) is 13.8. The molecule has 0 aliphatic carbocycles. The van der Waals surface area contributed by atoms with Crippen LogP contribution in [0.4, 0.5) is 0 Å². The quantitative estimate of drug-likeness (QED) is 0.840. The smallest absolute Gasteiger partial charge is 0.0371 e. The molecule has 0 aliphatic heterocycles. The lowest BCUT2D eigenvalue weighted by Gasteiger charge is -2.20. The topological polar surface area (TPSA) is 12.0 Å². The standard InChI is InChI=1S/C15H18BrNS/c1-3-17-15(10-13-5-4-8-18-13)14-9-12(16)7-6-11(14)2/h4-9,15,17H,3,10H2,1-2H3. The molecule has 3 heteroatoms. The van der Waals surface area contributed by atoms with Gasteiger partial charge < -0.3 is 5.32 Å². The lowest BCUT2D eigenvalue weighted by atomic mass is 9.98. The van der Waals surface area contributed by atoms with Crippen molar-refractivity contribution < 1.29 is 0 Å². The number of likely N-dealkylation sites (N-methyl/N-ethyl adjacent to an activating group) is 1. The Hall–Kier alpha value is -0.640. The zero-order chi connectivity index (χ0) is 13.0. The Balaban J connectivity index is 2.26. The minimum absolute atomic E-state index is 0.395. The van der Waals surface area contributed by atoms with Crippen molar-refractivity contribution in [2.45, 2.75) is 26.3 Å². The van der Waals surface area contributed by atoms with Crippen molar-refractivity contribution in [2.24, 2.45) is 0 Å². The number of benzene rings is 1. The number of rotatable bonds is 5. The highest BCUT2D eigenvalue weighted by Gasteiger charge is 2.14. The number of hydrogen-bond acceptors (Lipinski definition) is 2. The minimum atomic E-state index is 0.395. The molecule has 0 amide bonds. The van der Waals surface area contributed by atoms with Crippen LogP contribution in [0.15, 0.2) is 40.2 Å². The van der Waals surface area contributed by atoms with Gasteiger partial charge >= 0.3 is 0 Å². The molecule has 1 aromatic heterocycles. The maximum Gasteiger partial charge on any atom is 0.0371 e. The molecule has 0 aliphatic rings. The highest BCUT2D eigenvalue weighted by atomic mass is 79.9. The molecule has 1 atom stereocenters. The van der Waals surface area contributed by atoms with Crippen LogP contribution in [0.3, 0.4) is 0 Å². The monoisotopic (exact) mass is 323 g/mol. The molecule has 1 nitrogen and oxygen atoms in total. The molecule has 0 spiro atoms. The summed E-state index contributed by atoms with van der Waals surface area (Å²) in [6, 6.07) is 11.2. The van der Waals surface area contributed by atoms with Crippen molar-refractivity contribution in [2.75, 3.05) is 6.54 Å². The maximum absolute atomic E-state index is 3.59. The van der Waals surface area contributed by atoms with E-state index in [1.165, 1.54) is 16.0 Å². The van der Waals surface area contributed by atoms with E-state index in [4.69, 9.17) is 0 Å². The van der Waals surface area contributed by atoms with Crippen molar-refractivity contribution in [3.05, 3.63) is 56.2 Å². The van der Waals surface area contributed by atoms with Gasteiger partial charge in [0.05, 0.1) is 0 Å². The second kappa shape index (κ2) is 6.50. The molecule has 0 saturated heterocycles. The third kappa shape index (κ3) is 3.44. The second-order valence-corrected chi connectivity index (χ2v) is 6.34. The van der Waals surface area contributed by atoms with Gasteiger partial charge in [0.25, 0.3) is 0 Å². The number of thiophene rings is 1. The van der Waals surface area contributed by atoms with Crippen molar-refractivity contribution in [1.29, 1.82) is 0 Å². The zero-order valence-electron chi connectivity index (χ0n) is 10.7. The Morgan fingerprint density at radius 3 is 2.83 bits per heavy atom. The van der Waals surface area contributed by atoms with Gasteiger partial charge in [-0.25, -0.2) is 0 Å². The van der Waals surface area contributed by atoms with E-state index in [0.29, 0.717) is 6.04 Å². The van der Waals surface area contributed by atoms with E-state index in [9.17, 15) is 0 Å². The number of hydrogen-bond donors (Lipinski definition) is 1. The van der Waals surface area contributed by atoms with Crippen molar-refractivity contribution in [3.8, 4) is 0 Å². The molecule has 0 radical (unpaired) electrons. The fourth-order valence-electron chi connectivity index (χ4n) is 2.16. The molecule has 0 bridgehead atoms. The van der Waals surface area contributed by atoms with E-state index in [1.54, 1.807) is 0 Å². The lowest BCUT2D eigenvalue weighted by molar-refractivity contribution is 0.550. The van der Waals surface area contributed by atoms with Gasteiger partial charge in [-0.1, -0.05) is 35.0 Å². The van der Waals surface area contributed by atoms with Crippen LogP contribution in [-0.2, 0) is 6.42 Å². The van der Waals surface area contributed by atoms with Gasteiger partial charge in [0.2, 0.25) is 0 Å². The molecule has 1 heterocycles. The van der Waals surface area contributed by atoms with E-state index in [2.05, 4.69) is 70.8 Å². The highest BCUT2D eigenvalue weighted by molar-refractivity contribution is 9.10. The molecular formula is C15H18BrNS. The normalized spacial score (nSPS) is 12.6. The largest absolute Gasteiger partial charge is 0.310 e. The maximum atomic E-state index is 3.59. The Labute approximate surface area is 121 Å². The third-order valence-corrected chi connectivity index (χ3v) is 4.44. The summed E-state index contributed by atoms with van der Waals surface area (Å²) in [5.41, 5.74) is 2.74. The first-order chi connectivity index (χ1) is 8.70. The molecule has 96 valence electrons. The van der Waals surface area contributed by atoms with Gasteiger partial charge in [0, 0.05) is 21.8 Å². The first-order valence-corrected chi connectivity index (χ1v) is 7.89. The number of aryl methyl sites for hydroxylation is 1. The van der Waals surface area contributed by atoms with Crippen LogP contribution in [0.2, 0.25) is 0 Å². The lowest BCUT2D eigenvalue weighted by Crippen LogP contribution is -2.23. The van der Waals surface area contributed by atoms with Gasteiger partial charge in [0.1, 0.15) is 0 Å². The predicted octanol–water partition coefficient (Wildman–Crippen LogP) is 4.71. The molecule has 2 rings (SSSR count). The van der Waals surface area contributed by atoms with Crippen molar-refractivity contribution in [1.82, 2.24) is 5.32 Å². The average molecular weight is 324 g/mol. The molecule has 1 aromatic carbocycles. The SMILES string of the molecule is CCNC(Cc1cccs1)c1cc(Br)ccc1C.